The number of hydrogen-bond donors (Lipinski definition) is 2. The van der Waals surface area contributed by atoms with Gasteiger partial charge in [-0.2, -0.15) is 4.98 Å². The average Bonchev–Trinajstić information content (AvgIpc) is 2.96. The van der Waals surface area contributed by atoms with Crippen molar-refractivity contribution in [2.45, 2.75) is 45.7 Å². The van der Waals surface area contributed by atoms with Gasteiger partial charge in [0.1, 0.15) is 0 Å². The maximum absolute atomic E-state index is 12.0. The first-order chi connectivity index (χ1) is 11.0. The van der Waals surface area contributed by atoms with Gasteiger partial charge >= 0.3 is 0 Å². The Morgan fingerprint density at radius 1 is 1.25 bits per heavy atom. The van der Waals surface area contributed by atoms with Crippen LogP contribution in [-0.2, 0) is 11.2 Å². The van der Waals surface area contributed by atoms with Gasteiger partial charge in [0, 0.05) is 0 Å². The number of halogens is 1. The van der Waals surface area contributed by atoms with Gasteiger partial charge in [0.05, 0.1) is 18.5 Å². The van der Waals surface area contributed by atoms with Crippen LogP contribution in [0.2, 0.25) is 0 Å². The summed E-state index contributed by atoms with van der Waals surface area (Å²) < 4.78 is 5.25. The van der Waals surface area contributed by atoms with Gasteiger partial charge in [0.25, 0.3) is 0 Å². The van der Waals surface area contributed by atoms with Crippen molar-refractivity contribution in [3.05, 3.63) is 47.6 Å². The quantitative estimate of drug-likeness (QED) is 0.798. The predicted molar refractivity (Wildman–Crippen MR) is 94.8 cm³/mol. The lowest BCUT2D eigenvalue weighted by Gasteiger charge is -2.16. The molecule has 1 aromatic heterocycles. The highest BCUT2D eigenvalue weighted by Crippen LogP contribution is 2.12. The van der Waals surface area contributed by atoms with E-state index in [-0.39, 0.29) is 24.4 Å². The van der Waals surface area contributed by atoms with Gasteiger partial charge in [0.2, 0.25) is 11.8 Å². The summed E-state index contributed by atoms with van der Waals surface area (Å²) in [5.41, 5.74) is 6.97. The normalized spacial score (nSPS) is 13.2. The zero-order valence-electron chi connectivity index (χ0n) is 14.2. The number of amides is 1. The molecule has 1 amide bonds. The molecule has 6 nitrogen and oxygen atoms in total. The van der Waals surface area contributed by atoms with Crippen molar-refractivity contribution in [2.75, 3.05) is 0 Å². The molecule has 3 N–H and O–H groups in total. The first kappa shape index (κ1) is 20.1. The molecule has 0 aliphatic carbocycles. The molecule has 0 saturated carbocycles. The third-order valence-electron chi connectivity index (χ3n) is 3.49. The van der Waals surface area contributed by atoms with E-state index in [2.05, 4.69) is 15.5 Å². The summed E-state index contributed by atoms with van der Waals surface area (Å²) in [4.78, 5) is 16.4. The lowest BCUT2D eigenvalue weighted by Crippen LogP contribution is -2.42. The molecule has 1 unspecified atom stereocenters. The molecule has 132 valence electrons. The molecule has 0 aliphatic heterocycles. The van der Waals surface area contributed by atoms with E-state index in [0.717, 1.165) is 5.56 Å². The number of nitrogens with zero attached hydrogens (tertiary/aromatic N) is 2. The fourth-order valence-electron chi connectivity index (χ4n) is 2.29. The number of hydrogen-bond acceptors (Lipinski definition) is 5. The Hall–Kier alpha value is -1.92. The number of carbonyl (C=O) groups is 1. The number of aromatic nitrogens is 2. The number of nitrogens with one attached hydrogen (secondary N) is 1. The summed E-state index contributed by atoms with van der Waals surface area (Å²) >= 11 is 0. The van der Waals surface area contributed by atoms with Gasteiger partial charge < -0.3 is 15.6 Å². The maximum atomic E-state index is 12.0. The fraction of sp³-hybridized carbons (Fsp3) is 0.471. The van der Waals surface area contributed by atoms with Gasteiger partial charge in [-0.05, 0) is 24.8 Å². The molecule has 7 heteroatoms. The molecule has 0 bridgehead atoms. The van der Waals surface area contributed by atoms with Crippen LogP contribution in [0.1, 0.15) is 50.5 Å². The second kappa shape index (κ2) is 9.39. The van der Waals surface area contributed by atoms with Gasteiger partial charge in [-0.3, -0.25) is 4.79 Å². The third-order valence-corrected chi connectivity index (χ3v) is 3.49. The monoisotopic (exact) mass is 352 g/mol. The van der Waals surface area contributed by atoms with E-state index in [0.29, 0.717) is 30.5 Å². The van der Waals surface area contributed by atoms with Crippen molar-refractivity contribution in [3.8, 4) is 0 Å². The van der Waals surface area contributed by atoms with E-state index >= 15 is 0 Å². The SMILES string of the molecule is CC(C)C[C@H](N)C(=O)NC(C)c1noc(Cc2ccccc2)n1.Cl. The molecule has 0 fully saturated rings. The smallest absolute Gasteiger partial charge is 0.237 e. The fourth-order valence-corrected chi connectivity index (χ4v) is 2.29. The molecule has 0 saturated heterocycles. The van der Waals surface area contributed by atoms with Crippen LogP contribution in [0.3, 0.4) is 0 Å². The molecular weight excluding hydrogens is 328 g/mol. The average molecular weight is 353 g/mol. The number of benzene rings is 1. The molecular formula is C17H25ClN4O2. The maximum Gasteiger partial charge on any atom is 0.237 e. The van der Waals surface area contributed by atoms with Crippen molar-refractivity contribution in [2.24, 2.45) is 11.7 Å². The first-order valence-corrected chi connectivity index (χ1v) is 7.88. The largest absolute Gasteiger partial charge is 0.345 e. The minimum absolute atomic E-state index is 0. The number of nitrogens with two attached hydrogens (primary N) is 1. The van der Waals surface area contributed by atoms with Crippen molar-refractivity contribution in [1.29, 1.82) is 0 Å². The zero-order valence-corrected chi connectivity index (χ0v) is 15.0. The van der Waals surface area contributed by atoms with E-state index < -0.39 is 6.04 Å². The summed E-state index contributed by atoms with van der Waals surface area (Å²) in [5.74, 6) is 1.16. The highest BCUT2D eigenvalue weighted by atomic mass is 35.5. The van der Waals surface area contributed by atoms with Gasteiger partial charge in [-0.25, -0.2) is 0 Å². The van der Waals surface area contributed by atoms with Gasteiger partial charge in [-0.15, -0.1) is 12.4 Å². The highest BCUT2D eigenvalue weighted by Gasteiger charge is 2.20. The van der Waals surface area contributed by atoms with Crippen LogP contribution in [0.5, 0.6) is 0 Å². The minimum atomic E-state index is -0.520. The Morgan fingerprint density at radius 3 is 2.54 bits per heavy atom. The zero-order chi connectivity index (χ0) is 16.8. The molecule has 1 aromatic carbocycles. The second-order valence-corrected chi connectivity index (χ2v) is 6.18. The number of carbonyl (C=O) groups excluding carboxylic acids is 1. The van der Waals surface area contributed by atoms with Crippen LogP contribution >= 0.6 is 12.4 Å². The predicted octanol–water partition coefficient (Wildman–Crippen LogP) is 2.63. The molecule has 0 aliphatic rings. The lowest BCUT2D eigenvalue weighted by molar-refractivity contribution is -0.123. The Labute approximate surface area is 148 Å². The van der Waals surface area contributed by atoms with Crippen molar-refractivity contribution in [1.82, 2.24) is 15.5 Å². The standard InChI is InChI=1S/C17H24N4O2.ClH/c1-11(2)9-14(18)17(22)19-12(3)16-20-15(23-21-16)10-13-7-5-4-6-8-13;/h4-8,11-12,14H,9-10,18H2,1-3H3,(H,19,22);1H/t12?,14-;/m0./s1. The summed E-state index contributed by atoms with van der Waals surface area (Å²) in [5, 5.41) is 6.77. The lowest BCUT2D eigenvalue weighted by atomic mass is 10.0. The molecule has 2 atom stereocenters. The van der Waals surface area contributed by atoms with Gasteiger partial charge in [0.15, 0.2) is 5.82 Å². The van der Waals surface area contributed by atoms with Gasteiger partial charge in [-0.1, -0.05) is 49.3 Å². The minimum Gasteiger partial charge on any atom is -0.345 e. The van der Waals surface area contributed by atoms with Crippen LogP contribution in [0.25, 0.3) is 0 Å². The van der Waals surface area contributed by atoms with E-state index in [4.69, 9.17) is 10.3 Å². The van der Waals surface area contributed by atoms with E-state index in [1.54, 1.807) is 0 Å². The summed E-state index contributed by atoms with van der Waals surface area (Å²) in [6.07, 6.45) is 1.21. The second-order valence-electron chi connectivity index (χ2n) is 6.18. The van der Waals surface area contributed by atoms with E-state index in [1.165, 1.54) is 0 Å². The van der Waals surface area contributed by atoms with Crippen LogP contribution in [0, 0.1) is 5.92 Å². The summed E-state index contributed by atoms with van der Waals surface area (Å²) in [6, 6.07) is 9.03. The first-order valence-electron chi connectivity index (χ1n) is 7.88. The number of rotatable bonds is 7. The summed E-state index contributed by atoms with van der Waals surface area (Å²) in [7, 11) is 0. The molecule has 2 aromatic rings. The Kier molecular flexibility index (Phi) is 7.88. The van der Waals surface area contributed by atoms with E-state index in [1.807, 2.05) is 51.1 Å². The molecule has 24 heavy (non-hydrogen) atoms. The van der Waals surface area contributed by atoms with Crippen LogP contribution in [0.4, 0.5) is 0 Å². The third kappa shape index (κ3) is 5.94. The van der Waals surface area contributed by atoms with Crippen molar-refractivity contribution < 1.29 is 9.32 Å². The Balaban J connectivity index is 0.00000288. The molecule has 0 spiro atoms. The topological polar surface area (TPSA) is 94.0 Å². The molecule has 2 rings (SSSR count). The van der Waals surface area contributed by atoms with Crippen molar-refractivity contribution >= 4 is 18.3 Å². The highest BCUT2D eigenvalue weighted by molar-refractivity contribution is 5.85. The van der Waals surface area contributed by atoms with E-state index in [9.17, 15) is 4.79 Å². The van der Waals surface area contributed by atoms with Crippen molar-refractivity contribution in [3.63, 3.8) is 0 Å². The Bertz CT molecular complexity index is 631. The molecule has 0 radical (unpaired) electrons. The summed E-state index contributed by atoms with van der Waals surface area (Å²) in [6.45, 7) is 5.88. The Morgan fingerprint density at radius 2 is 1.92 bits per heavy atom. The molecule has 1 heterocycles. The van der Waals surface area contributed by atoms with Crippen LogP contribution in [0.15, 0.2) is 34.9 Å². The van der Waals surface area contributed by atoms with Crippen LogP contribution < -0.4 is 11.1 Å². The van der Waals surface area contributed by atoms with Crippen LogP contribution in [-0.4, -0.2) is 22.1 Å².